The summed E-state index contributed by atoms with van der Waals surface area (Å²) in [6, 6.07) is 0. The van der Waals surface area contributed by atoms with Crippen LogP contribution < -0.4 is 5.32 Å². The summed E-state index contributed by atoms with van der Waals surface area (Å²) in [6.07, 6.45) is 2.64. The van der Waals surface area contributed by atoms with Crippen molar-refractivity contribution in [2.24, 2.45) is 13.0 Å². The van der Waals surface area contributed by atoms with Crippen LogP contribution in [0.4, 0.5) is 0 Å². The average Bonchev–Trinajstić information content (AvgIpc) is 2.73. The molecule has 2 rings (SSSR count). The van der Waals surface area contributed by atoms with Gasteiger partial charge in [-0.2, -0.15) is 5.10 Å². The van der Waals surface area contributed by atoms with Crippen LogP contribution >= 0.6 is 0 Å². The van der Waals surface area contributed by atoms with E-state index in [1.54, 1.807) is 4.68 Å². The molecule has 128 valence electrons. The summed E-state index contributed by atoms with van der Waals surface area (Å²) in [6.45, 7) is 7.74. The van der Waals surface area contributed by atoms with Crippen molar-refractivity contribution in [3.63, 3.8) is 0 Å². The molecular weight excluding hydrogens is 294 g/mol. The van der Waals surface area contributed by atoms with E-state index in [1.807, 2.05) is 27.8 Å². The topological polar surface area (TPSA) is 84.2 Å². The van der Waals surface area contributed by atoms with Crippen molar-refractivity contribution in [2.45, 2.75) is 64.8 Å². The maximum absolute atomic E-state index is 12.7. The molecule has 6 nitrogen and oxygen atoms in total. The van der Waals surface area contributed by atoms with Crippen LogP contribution in [0.15, 0.2) is 0 Å². The summed E-state index contributed by atoms with van der Waals surface area (Å²) in [5.41, 5.74) is 1.51. The van der Waals surface area contributed by atoms with Gasteiger partial charge in [-0.3, -0.25) is 9.48 Å². The summed E-state index contributed by atoms with van der Waals surface area (Å²) >= 11 is 0. The van der Waals surface area contributed by atoms with Crippen LogP contribution in [0.25, 0.3) is 0 Å². The van der Waals surface area contributed by atoms with Gasteiger partial charge < -0.3 is 10.4 Å². The lowest BCUT2D eigenvalue weighted by atomic mass is 9.76. The molecule has 0 bridgehead atoms. The monoisotopic (exact) mass is 321 g/mol. The van der Waals surface area contributed by atoms with Gasteiger partial charge in [0.05, 0.1) is 11.6 Å². The van der Waals surface area contributed by atoms with E-state index in [-0.39, 0.29) is 5.91 Å². The first-order valence-electron chi connectivity index (χ1n) is 8.23. The van der Waals surface area contributed by atoms with Gasteiger partial charge >= 0.3 is 5.97 Å². The fraction of sp³-hybridized carbons (Fsp3) is 0.706. The third-order valence-corrected chi connectivity index (χ3v) is 5.29. The lowest BCUT2D eigenvalue weighted by Gasteiger charge is -2.37. The third-order valence-electron chi connectivity index (χ3n) is 5.29. The smallest absolute Gasteiger partial charge is 0.329 e. The third kappa shape index (κ3) is 3.26. The lowest BCUT2D eigenvalue weighted by Crippen LogP contribution is -2.57. The Morgan fingerprint density at radius 2 is 1.91 bits per heavy atom. The molecule has 2 N–H and O–H groups in total. The second-order valence-corrected chi connectivity index (χ2v) is 6.99. The molecule has 1 amide bonds. The predicted molar refractivity (Wildman–Crippen MR) is 87.2 cm³/mol. The van der Waals surface area contributed by atoms with Gasteiger partial charge in [-0.25, -0.2) is 4.79 Å². The Hall–Kier alpha value is -1.85. The largest absolute Gasteiger partial charge is 0.480 e. The van der Waals surface area contributed by atoms with Gasteiger partial charge in [-0.15, -0.1) is 0 Å². The Morgan fingerprint density at radius 3 is 2.35 bits per heavy atom. The zero-order valence-electron chi connectivity index (χ0n) is 14.6. The van der Waals surface area contributed by atoms with Crippen molar-refractivity contribution in [3.05, 3.63) is 17.0 Å². The molecule has 1 aromatic rings. The van der Waals surface area contributed by atoms with Crippen molar-refractivity contribution in [3.8, 4) is 0 Å². The average molecular weight is 321 g/mol. The highest BCUT2D eigenvalue weighted by atomic mass is 16.4. The van der Waals surface area contributed by atoms with Gasteiger partial charge in [-0.05, 0) is 52.4 Å². The minimum Gasteiger partial charge on any atom is -0.480 e. The minimum atomic E-state index is -1.12. The van der Waals surface area contributed by atoms with Gasteiger partial charge in [-0.1, -0.05) is 6.92 Å². The van der Waals surface area contributed by atoms with Gasteiger partial charge in [0.1, 0.15) is 5.54 Å². The molecule has 0 radical (unpaired) electrons. The summed E-state index contributed by atoms with van der Waals surface area (Å²) < 4.78 is 1.75. The van der Waals surface area contributed by atoms with Crippen molar-refractivity contribution >= 4 is 11.9 Å². The van der Waals surface area contributed by atoms with Crippen LogP contribution in [0.2, 0.25) is 0 Å². The SMILES string of the molecule is Cc1nn(C)c(C)c1C(C)C(=O)NC1(C(=O)O)CCC(C)CC1. The number of rotatable bonds is 4. The number of hydrogen-bond acceptors (Lipinski definition) is 3. The second-order valence-electron chi connectivity index (χ2n) is 6.99. The van der Waals surface area contributed by atoms with Crippen LogP contribution in [-0.2, 0) is 16.6 Å². The highest BCUT2D eigenvalue weighted by Gasteiger charge is 2.43. The normalized spacial score (nSPS) is 25.9. The first kappa shape index (κ1) is 17.5. The number of carbonyl (C=O) groups is 2. The quantitative estimate of drug-likeness (QED) is 0.891. The van der Waals surface area contributed by atoms with E-state index in [4.69, 9.17) is 0 Å². The molecule has 0 saturated heterocycles. The fourth-order valence-corrected chi connectivity index (χ4v) is 3.54. The Kier molecular flexibility index (Phi) is 4.82. The maximum atomic E-state index is 12.7. The number of aliphatic carboxylic acids is 1. The van der Waals surface area contributed by atoms with E-state index >= 15 is 0 Å². The Labute approximate surface area is 137 Å². The second kappa shape index (κ2) is 6.34. The number of nitrogens with zero attached hydrogens (tertiary/aromatic N) is 2. The number of carbonyl (C=O) groups excluding carboxylic acids is 1. The predicted octanol–water partition coefficient (Wildman–Crippen LogP) is 2.29. The molecule has 1 unspecified atom stereocenters. The van der Waals surface area contributed by atoms with E-state index in [0.29, 0.717) is 18.8 Å². The molecule has 0 aliphatic heterocycles. The number of carboxylic acids is 1. The van der Waals surface area contributed by atoms with Crippen LogP contribution in [0, 0.1) is 19.8 Å². The molecule has 0 aromatic carbocycles. The number of aryl methyl sites for hydroxylation is 2. The Bertz CT molecular complexity index is 613. The van der Waals surface area contributed by atoms with Crippen LogP contribution in [0.1, 0.15) is 62.4 Å². The highest BCUT2D eigenvalue weighted by molar-refractivity contribution is 5.90. The van der Waals surface area contributed by atoms with Gasteiger partial charge in [0.2, 0.25) is 5.91 Å². The minimum absolute atomic E-state index is 0.235. The number of amides is 1. The lowest BCUT2D eigenvalue weighted by molar-refractivity contribution is -0.149. The standard InChI is InChI=1S/C17H27N3O3/c1-10-6-8-17(9-7-10,16(22)23)18-15(21)11(2)14-12(3)19-20(5)13(14)4/h10-11H,6-9H2,1-5H3,(H,18,21)(H,22,23). The van der Waals surface area contributed by atoms with Crippen LogP contribution in [-0.4, -0.2) is 32.3 Å². The summed E-state index contributed by atoms with van der Waals surface area (Å²) in [5, 5.41) is 16.8. The molecule has 1 saturated carbocycles. The molecule has 1 heterocycles. The number of hydrogen-bond donors (Lipinski definition) is 2. The number of carboxylic acid groups (broad SMARTS) is 1. The van der Waals surface area contributed by atoms with Crippen molar-refractivity contribution < 1.29 is 14.7 Å². The Morgan fingerprint density at radius 1 is 1.35 bits per heavy atom. The van der Waals surface area contributed by atoms with Gasteiger partial charge in [0.15, 0.2) is 0 Å². The zero-order valence-corrected chi connectivity index (χ0v) is 14.6. The van der Waals surface area contributed by atoms with Crippen molar-refractivity contribution in [1.29, 1.82) is 0 Å². The van der Waals surface area contributed by atoms with E-state index < -0.39 is 17.4 Å². The summed E-state index contributed by atoms with van der Waals surface area (Å²) in [4.78, 5) is 24.5. The van der Waals surface area contributed by atoms with E-state index in [9.17, 15) is 14.7 Å². The fourth-order valence-electron chi connectivity index (χ4n) is 3.54. The zero-order chi connectivity index (χ0) is 17.4. The van der Waals surface area contributed by atoms with Crippen molar-refractivity contribution in [1.82, 2.24) is 15.1 Å². The maximum Gasteiger partial charge on any atom is 0.329 e. The molecule has 1 fully saturated rings. The van der Waals surface area contributed by atoms with E-state index in [2.05, 4.69) is 17.3 Å². The summed E-state index contributed by atoms with van der Waals surface area (Å²) in [5.74, 6) is -1.07. The highest BCUT2D eigenvalue weighted by Crippen LogP contribution is 2.33. The van der Waals surface area contributed by atoms with Crippen LogP contribution in [0.3, 0.4) is 0 Å². The van der Waals surface area contributed by atoms with Crippen LogP contribution in [0.5, 0.6) is 0 Å². The van der Waals surface area contributed by atoms with Gasteiger partial charge in [0, 0.05) is 18.3 Å². The molecule has 1 aliphatic rings. The van der Waals surface area contributed by atoms with Crippen molar-refractivity contribution in [2.75, 3.05) is 0 Å². The number of nitrogens with one attached hydrogen (secondary N) is 1. The molecule has 0 spiro atoms. The molecule has 1 aliphatic carbocycles. The molecular formula is C17H27N3O3. The first-order chi connectivity index (χ1) is 10.7. The molecule has 23 heavy (non-hydrogen) atoms. The van der Waals surface area contributed by atoms with E-state index in [1.165, 1.54) is 0 Å². The van der Waals surface area contributed by atoms with E-state index in [0.717, 1.165) is 29.8 Å². The Balaban J connectivity index is 2.20. The summed E-state index contributed by atoms with van der Waals surface area (Å²) in [7, 11) is 1.84. The number of aromatic nitrogens is 2. The molecule has 1 aromatic heterocycles. The molecule has 6 heteroatoms. The molecule has 1 atom stereocenters. The van der Waals surface area contributed by atoms with Gasteiger partial charge in [0.25, 0.3) is 0 Å². The first-order valence-corrected chi connectivity index (χ1v) is 8.23.